The highest BCUT2D eigenvalue weighted by atomic mass is 16.3. The summed E-state index contributed by atoms with van der Waals surface area (Å²) in [6.45, 7) is 4.77. The van der Waals surface area contributed by atoms with E-state index < -0.39 is 0 Å². The highest BCUT2D eigenvalue weighted by Gasteiger charge is 2.29. The quantitative estimate of drug-likeness (QED) is 0.878. The molecular formula is C16H21N3O. The van der Waals surface area contributed by atoms with Gasteiger partial charge in [-0.05, 0) is 43.5 Å². The lowest BCUT2D eigenvalue weighted by Gasteiger charge is -2.21. The average molecular weight is 271 g/mol. The molecule has 2 aromatic rings. The Hall–Kier alpha value is -1.81. The molecule has 0 atom stereocenters. The van der Waals surface area contributed by atoms with Crippen LogP contribution in [0.3, 0.4) is 0 Å². The molecule has 0 spiro atoms. The van der Waals surface area contributed by atoms with E-state index in [1.54, 1.807) is 6.07 Å². The van der Waals surface area contributed by atoms with Gasteiger partial charge >= 0.3 is 0 Å². The molecule has 0 bridgehead atoms. The van der Waals surface area contributed by atoms with Crippen LogP contribution >= 0.6 is 0 Å². The molecule has 1 fully saturated rings. The van der Waals surface area contributed by atoms with Crippen molar-refractivity contribution < 1.29 is 5.11 Å². The van der Waals surface area contributed by atoms with Crippen molar-refractivity contribution in [3.63, 3.8) is 0 Å². The van der Waals surface area contributed by atoms with E-state index in [1.165, 1.54) is 12.8 Å². The molecule has 0 unspecified atom stereocenters. The molecule has 0 radical (unpaired) electrons. The minimum absolute atomic E-state index is 0.341. The fourth-order valence-electron chi connectivity index (χ4n) is 2.52. The van der Waals surface area contributed by atoms with Crippen LogP contribution in [-0.2, 0) is 19.6 Å². The largest absolute Gasteiger partial charge is 0.508 e. The van der Waals surface area contributed by atoms with E-state index in [2.05, 4.69) is 29.1 Å². The Labute approximate surface area is 119 Å². The summed E-state index contributed by atoms with van der Waals surface area (Å²) in [7, 11) is 0. The number of benzene rings is 1. The molecule has 106 valence electrons. The van der Waals surface area contributed by atoms with Crippen LogP contribution in [0.5, 0.6) is 5.75 Å². The van der Waals surface area contributed by atoms with Gasteiger partial charge in [-0.15, -0.1) is 0 Å². The van der Waals surface area contributed by atoms with Gasteiger partial charge < -0.3 is 5.11 Å². The SMILES string of the molecule is CCn1ccc(CN(Cc2cccc(O)c2)C2CC2)n1. The molecular weight excluding hydrogens is 250 g/mol. The van der Waals surface area contributed by atoms with Crippen molar-refractivity contribution in [1.29, 1.82) is 0 Å². The average Bonchev–Trinajstić information content (AvgIpc) is 3.19. The first-order chi connectivity index (χ1) is 9.74. The highest BCUT2D eigenvalue weighted by Crippen LogP contribution is 2.30. The first kappa shape index (κ1) is 13.2. The summed E-state index contributed by atoms with van der Waals surface area (Å²) in [4.78, 5) is 2.46. The Bertz CT molecular complexity index is 575. The molecule has 4 nitrogen and oxygen atoms in total. The van der Waals surface area contributed by atoms with Crippen LogP contribution in [0.15, 0.2) is 36.5 Å². The van der Waals surface area contributed by atoms with Gasteiger partial charge in [0.25, 0.3) is 0 Å². The number of hydrogen-bond acceptors (Lipinski definition) is 3. The standard InChI is InChI=1S/C16H21N3O/c1-2-19-9-8-14(17-19)12-18(15-6-7-15)11-13-4-3-5-16(20)10-13/h3-5,8-10,15,20H,2,6-7,11-12H2,1H3. The fourth-order valence-corrected chi connectivity index (χ4v) is 2.52. The van der Waals surface area contributed by atoms with E-state index in [0.717, 1.165) is 30.9 Å². The van der Waals surface area contributed by atoms with Crippen molar-refractivity contribution in [1.82, 2.24) is 14.7 Å². The summed E-state index contributed by atoms with van der Waals surface area (Å²) in [6.07, 6.45) is 4.58. The lowest BCUT2D eigenvalue weighted by molar-refractivity contribution is 0.241. The molecule has 0 amide bonds. The Morgan fingerprint density at radius 3 is 2.80 bits per heavy atom. The molecule has 0 saturated heterocycles. The number of aromatic nitrogens is 2. The molecule has 1 aliphatic rings. The van der Waals surface area contributed by atoms with E-state index in [4.69, 9.17) is 0 Å². The van der Waals surface area contributed by atoms with Crippen LogP contribution in [0.1, 0.15) is 31.0 Å². The van der Waals surface area contributed by atoms with Gasteiger partial charge in [-0.25, -0.2) is 0 Å². The van der Waals surface area contributed by atoms with Gasteiger partial charge in [0.1, 0.15) is 5.75 Å². The summed E-state index contributed by atoms with van der Waals surface area (Å²) in [5.74, 6) is 0.341. The van der Waals surface area contributed by atoms with Crippen LogP contribution in [-0.4, -0.2) is 25.8 Å². The van der Waals surface area contributed by atoms with E-state index >= 15 is 0 Å². The summed E-state index contributed by atoms with van der Waals surface area (Å²) >= 11 is 0. The Kier molecular flexibility index (Phi) is 3.74. The summed E-state index contributed by atoms with van der Waals surface area (Å²) in [6, 6.07) is 10.3. The van der Waals surface area contributed by atoms with Crippen molar-refractivity contribution in [2.75, 3.05) is 0 Å². The van der Waals surface area contributed by atoms with Crippen LogP contribution in [0.25, 0.3) is 0 Å². The molecule has 1 saturated carbocycles. The highest BCUT2D eigenvalue weighted by molar-refractivity contribution is 5.27. The summed E-state index contributed by atoms with van der Waals surface area (Å²) in [5, 5.41) is 14.1. The molecule has 4 heteroatoms. The second-order valence-corrected chi connectivity index (χ2v) is 5.47. The van der Waals surface area contributed by atoms with Gasteiger partial charge in [0, 0.05) is 31.9 Å². The summed E-state index contributed by atoms with van der Waals surface area (Å²) in [5.41, 5.74) is 2.28. The number of aromatic hydroxyl groups is 1. The van der Waals surface area contributed by atoms with Gasteiger partial charge in [-0.1, -0.05) is 12.1 Å². The first-order valence-electron chi connectivity index (χ1n) is 7.29. The molecule has 1 heterocycles. The Morgan fingerprint density at radius 2 is 2.15 bits per heavy atom. The number of phenolic OH excluding ortho intramolecular Hbond substituents is 1. The van der Waals surface area contributed by atoms with Gasteiger partial charge in [0.05, 0.1) is 5.69 Å². The van der Waals surface area contributed by atoms with Gasteiger partial charge in [0.15, 0.2) is 0 Å². The Balaban J connectivity index is 1.69. The third-order valence-corrected chi connectivity index (χ3v) is 3.74. The second kappa shape index (κ2) is 5.67. The van der Waals surface area contributed by atoms with Crippen molar-refractivity contribution >= 4 is 0 Å². The molecule has 1 aromatic carbocycles. The van der Waals surface area contributed by atoms with E-state index in [-0.39, 0.29) is 0 Å². The number of rotatable bonds is 6. The van der Waals surface area contributed by atoms with Crippen LogP contribution < -0.4 is 0 Å². The van der Waals surface area contributed by atoms with Crippen molar-refractivity contribution in [2.24, 2.45) is 0 Å². The van der Waals surface area contributed by atoms with Crippen molar-refractivity contribution in [3.05, 3.63) is 47.8 Å². The minimum atomic E-state index is 0.341. The van der Waals surface area contributed by atoms with Crippen molar-refractivity contribution in [3.8, 4) is 5.75 Å². The third-order valence-electron chi connectivity index (χ3n) is 3.74. The number of phenols is 1. The zero-order valence-electron chi connectivity index (χ0n) is 11.9. The molecule has 1 aliphatic carbocycles. The zero-order chi connectivity index (χ0) is 13.9. The summed E-state index contributed by atoms with van der Waals surface area (Å²) < 4.78 is 1.97. The number of aryl methyl sites for hydroxylation is 1. The molecule has 1 aromatic heterocycles. The van der Waals surface area contributed by atoms with E-state index in [0.29, 0.717) is 11.8 Å². The predicted octanol–water partition coefficient (Wildman–Crippen LogP) is 2.77. The predicted molar refractivity (Wildman–Crippen MR) is 78.3 cm³/mol. The van der Waals surface area contributed by atoms with E-state index in [1.807, 2.05) is 23.0 Å². The molecule has 3 rings (SSSR count). The maximum absolute atomic E-state index is 9.57. The fraction of sp³-hybridized carbons (Fsp3) is 0.438. The monoisotopic (exact) mass is 271 g/mol. The zero-order valence-corrected chi connectivity index (χ0v) is 11.9. The molecule has 0 aliphatic heterocycles. The smallest absolute Gasteiger partial charge is 0.115 e. The lowest BCUT2D eigenvalue weighted by atomic mass is 10.2. The van der Waals surface area contributed by atoms with Gasteiger partial charge in [-0.3, -0.25) is 9.58 Å². The maximum Gasteiger partial charge on any atom is 0.115 e. The third kappa shape index (κ3) is 3.20. The number of hydrogen-bond donors (Lipinski definition) is 1. The van der Waals surface area contributed by atoms with Crippen LogP contribution in [0.4, 0.5) is 0 Å². The van der Waals surface area contributed by atoms with Crippen molar-refractivity contribution in [2.45, 2.75) is 45.4 Å². The maximum atomic E-state index is 9.57. The van der Waals surface area contributed by atoms with E-state index in [9.17, 15) is 5.11 Å². The lowest BCUT2D eigenvalue weighted by Crippen LogP contribution is -2.25. The normalized spacial score (nSPS) is 14.9. The number of nitrogens with zero attached hydrogens (tertiary/aromatic N) is 3. The topological polar surface area (TPSA) is 41.3 Å². The minimum Gasteiger partial charge on any atom is -0.508 e. The second-order valence-electron chi connectivity index (χ2n) is 5.47. The molecule has 20 heavy (non-hydrogen) atoms. The first-order valence-corrected chi connectivity index (χ1v) is 7.29. The van der Waals surface area contributed by atoms with Gasteiger partial charge in [-0.2, -0.15) is 5.10 Å². The van der Waals surface area contributed by atoms with Crippen LogP contribution in [0, 0.1) is 0 Å². The molecule has 1 N–H and O–H groups in total. The van der Waals surface area contributed by atoms with Gasteiger partial charge in [0.2, 0.25) is 0 Å². The van der Waals surface area contributed by atoms with Crippen LogP contribution in [0.2, 0.25) is 0 Å². The Morgan fingerprint density at radius 1 is 1.30 bits per heavy atom.